The molecule has 21 heavy (non-hydrogen) atoms. The lowest BCUT2D eigenvalue weighted by molar-refractivity contribution is 0.0683. The minimum atomic E-state index is -0.270. The summed E-state index contributed by atoms with van der Waals surface area (Å²) in [4.78, 5) is 17.8. The molecule has 0 radical (unpaired) electrons. The van der Waals surface area contributed by atoms with Crippen molar-refractivity contribution >= 4 is 5.91 Å². The minimum absolute atomic E-state index is 0.0335. The Labute approximate surface area is 123 Å². The van der Waals surface area contributed by atoms with Crippen molar-refractivity contribution in [2.45, 2.75) is 12.5 Å². The number of hydrogen-bond donors (Lipinski definition) is 2. The molecule has 1 atom stereocenters. The van der Waals surface area contributed by atoms with E-state index in [1.165, 1.54) is 11.1 Å². The molecule has 0 aromatic carbocycles. The summed E-state index contributed by atoms with van der Waals surface area (Å²) in [6.07, 6.45) is 2.28. The predicted molar refractivity (Wildman–Crippen MR) is 74.2 cm³/mol. The van der Waals surface area contributed by atoms with Crippen LogP contribution in [0.1, 0.15) is 16.8 Å². The van der Waals surface area contributed by atoms with E-state index in [1.54, 1.807) is 12.1 Å². The minimum Gasteiger partial charge on any atom is -0.472 e. The van der Waals surface area contributed by atoms with Gasteiger partial charge in [0.15, 0.2) is 0 Å². The first-order chi connectivity index (χ1) is 10.2. The Kier molecular flexibility index (Phi) is 5.91. The molecule has 116 valence electrons. The van der Waals surface area contributed by atoms with E-state index in [-0.39, 0.29) is 38.3 Å². The van der Waals surface area contributed by atoms with Crippen molar-refractivity contribution in [1.29, 1.82) is 0 Å². The van der Waals surface area contributed by atoms with Crippen LogP contribution in [0.15, 0.2) is 18.3 Å². The average molecular weight is 296 g/mol. The zero-order valence-electron chi connectivity index (χ0n) is 11.8. The zero-order chi connectivity index (χ0) is 15.1. The second-order valence-electron chi connectivity index (χ2n) is 4.73. The van der Waals surface area contributed by atoms with Crippen molar-refractivity contribution < 1.29 is 24.5 Å². The molecule has 1 aromatic heterocycles. The van der Waals surface area contributed by atoms with Gasteiger partial charge in [-0.3, -0.25) is 4.79 Å². The SMILES string of the molecule is O=C(c1ccnc(OC2CCOC2)c1)N(CCO)CCO. The summed E-state index contributed by atoms with van der Waals surface area (Å²) >= 11 is 0. The molecule has 0 bridgehead atoms. The van der Waals surface area contributed by atoms with E-state index in [4.69, 9.17) is 19.7 Å². The highest BCUT2D eigenvalue weighted by Crippen LogP contribution is 2.16. The number of amides is 1. The molecule has 0 aliphatic carbocycles. The molecular weight excluding hydrogens is 276 g/mol. The van der Waals surface area contributed by atoms with Crippen molar-refractivity contribution in [3.63, 3.8) is 0 Å². The van der Waals surface area contributed by atoms with Crippen molar-refractivity contribution in [2.24, 2.45) is 0 Å². The summed E-state index contributed by atoms with van der Waals surface area (Å²) in [5.74, 6) is 0.109. The van der Waals surface area contributed by atoms with Gasteiger partial charge in [-0.2, -0.15) is 0 Å². The fourth-order valence-electron chi connectivity index (χ4n) is 2.12. The Bertz CT molecular complexity index is 456. The highest BCUT2D eigenvalue weighted by atomic mass is 16.5. The molecule has 7 nitrogen and oxygen atoms in total. The molecule has 2 N–H and O–H groups in total. The standard InChI is InChI=1S/C14H20N2O5/c17-6-4-16(5-7-18)14(19)11-1-3-15-13(9-11)21-12-2-8-20-10-12/h1,3,9,12,17-18H,2,4-8,10H2. The molecule has 2 heterocycles. The molecule has 0 spiro atoms. The van der Waals surface area contributed by atoms with Gasteiger partial charge < -0.3 is 24.6 Å². The van der Waals surface area contributed by atoms with Gasteiger partial charge >= 0.3 is 0 Å². The first-order valence-electron chi connectivity index (χ1n) is 6.96. The number of nitrogens with zero attached hydrogens (tertiary/aromatic N) is 2. The number of aliphatic hydroxyl groups is 2. The van der Waals surface area contributed by atoms with Gasteiger partial charge in [0, 0.05) is 37.3 Å². The van der Waals surface area contributed by atoms with Crippen molar-refractivity contribution in [2.75, 3.05) is 39.5 Å². The van der Waals surface area contributed by atoms with Crippen molar-refractivity contribution in [3.05, 3.63) is 23.9 Å². The van der Waals surface area contributed by atoms with Crippen LogP contribution in [0.2, 0.25) is 0 Å². The maximum atomic E-state index is 12.3. The van der Waals surface area contributed by atoms with Crippen LogP contribution >= 0.6 is 0 Å². The van der Waals surface area contributed by atoms with E-state index in [2.05, 4.69) is 4.98 Å². The lowest BCUT2D eigenvalue weighted by Gasteiger charge is -2.21. The Morgan fingerprint density at radius 3 is 2.81 bits per heavy atom. The average Bonchev–Trinajstić information content (AvgIpc) is 2.99. The van der Waals surface area contributed by atoms with E-state index in [0.717, 1.165) is 6.42 Å². The number of rotatable bonds is 7. The third kappa shape index (κ3) is 4.38. The van der Waals surface area contributed by atoms with Crippen LogP contribution in [-0.4, -0.2) is 71.6 Å². The lowest BCUT2D eigenvalue weighted by Crippen LogP contribution is -2.35. The van der Waals surface area contributed by atoms with Gasteiger partial charge in [-0.15, -0.1) is 0 Å². The first-order valence-corrected chi connectivity index (χ1v) is 6.96. The lowest BCUT2D eigenvalue weighted by atomic mass is 10.2. The summed E-state index contributed by atoms with van der Waals surface area (Å²) < 4.78 is 10.9. The topological polar surface area (TPSA) is 92.1 Å². The Morgan fingerprint density at radius 1 is 1.43 bits per heavy atom. The van der Waals surface area contributed by atoms with Crippen LogP contribution in [0.25, 0.3) is 0 Å². The van der Waals surface area contributed by atoms with Crippen molar-refractivity contribution in [1.82, 2.24) is 9.88 Å². The van der Waals surface area contributed by atoms with Gasteiger partial charge in [0.05, 0.1) is 26.4 Å². The van der Waals surface area contributed by atoms with Crippen LogP contribution in [-0.2, 0) is 4.74 Å². The van der Waals surface area contributed by atoms with Crippen LogP contribution in [0.3, 0.4) is 0 Å². The van der Waals surface area contributed by atoms with E-state index < -0.39 is 0 Å². The summed E-state index contributed by atoms with van der Waals surface area (Å²) in [5.41, 5.74) is 0.417. The molecule has 1 unspecified atom stereocenters. The largest absolute Gasteiger partial charge is 0.472 e. The quantitative estimate of drug-likeness (QED) is 0.716. The normalized spacial score (nSPS) is 17.7. The van der Waals surface area contributed by atoms with Gasteiger partial charge in [-0.05, 0) is 6.07 Å². The molecule has 7 heteroatoms. The van der Waals surface area contributed by atoms with Gasteiger partial charge in [0.1, 0.15) is 6.10 Å². The van der Waals surface area contributed by atoms with Crippen LogP contribution in [0.5, 0.6) is 5.88 Å². The fraction of sp³-hybridized carbons (Fsp3) is 0.571. The molecule has 1 aromatic rings. The number of hydrogen-bond acceptors (Lipinski definition) is 6. The maximum Gasteiger partial charge on any atom is 0.254 e. The Morgan fingerprint density at radius 2 is 2.19 bits per heavy atom. The smallest absolute Gasteiger partial charge is 0.254 e. The van der Waals surface area contributed by atoms with E-state index in [1.807, 2.05) is 0 Å². The van der Waals surface area contributed by atoms with Crippen LogP contribution in [0, 0.1) is 0 Å². The molecule has 1 aliphatic rings. The molecule has 1 fully saturated rings. The molecule has 1 saturated heterocycles. The number of aromatic nitrogens is 1. The molecule has 2 rings (SSSR count). The predicted octanol–water partition coefficient (Wildman–Crippen LogP) is -0.324. The van der Waals surface area contributed by atoms with E-state index in [9.17, 15) is 4.79 Å². The number of pyridine rings is 1. The molecule has 1 aliphatic heterocycles. The van der Waals surface area contributed by atoms with Gasteiger partial charge in [-0.1, -0.05) is 0 Å². The van der Waals surface area contributed by atoms with E-state index >= 15 is 0 Å². The highest BCUT2D eigenvalue weighted by molar-refractivity contribution is 5.94. The third-order valence-corrected chi connectivity index (χ3v) is 3.18. The fourth-order valence-corrected chi connectivity index (χ4v) is 2.12. The van der Waals surface area contributed by atoms with Gasteiger partial charge in [0.2, 0.25) is 5.88 Å². The Balaban J connectivity index is 2.05. The molecule has 0 saturated carbocycles. The summed E-state index contributed by atoms with van der Waals surface area (Å²) in [6.45, 7) is 1.24. The van der Waals surface area contributed by atoms with Gasteiger partial charge in [0.25, 0.3) is 5.91 Å². The summed E-state index contributed by atoms with van der Waals surface area (Å²) in [6, 6.07) is 3.16. The number of carbonyl (C=O) groups excluding carboxylic acids is 1. The zero-order valence-corrected chi connectivity index (χ0v) is 11.8. The van der Waals surface area contributed by atoms with Crippen molar-refractivity contribution in [3.8, 4) is 5.88 Å². The summed E-state index contributed by atoms with van der Waals surface area (Å²) in [7, 11) is 0. The number of ether oxygens (including phenoxy) is 2. The second-order valence-corrected chi connectivity index (χ2v) is 4.73. The van der Waals surface area contributed by atoms with E-state index in [0.29, 0.717) is 24.7 Å². The second kappa shape index (κ2) is 7.92. The molecular formula is C14H20N2O5. The van der Waals surface area contributed by atoms with Crippen LogP contribution < -0.4 is 4.74 Å². The monoisotopic (exact) mass is 296 g/mol. The van der Waals surface area contributed by atoms with Gasteiger partial charge in [-0.25, -0.2) is 4.98 Å². The molecule has 1 amide bonds. The Hall–Kier alpha value is -1.70. The third-order valence-electron chi connectivity index (χ3n) is 3.18. The number of aliphatic hydroxyl groups excluding tert-OH is 2. The van der Waals surface area contributed by atoms with Crippen LogP contribution in [0.4, 0.5) is 0 Å². The maximum absolute atomic E-state index is 12.3. The summed E-state index contributed by atoms with van der Waals surface area (Å²) in [5, 5.41) is 18.0. The number of carbonyl (C=O) groups is 1. The first kappa shape index (κ1) is 15.7. The highest BCUT2D eigenvalue weighted by Gasteiger charge is 2.19.